The van der Waals surface area contributed by atoms with Crippen molar-refractivity contribution in [1.82, 2.24) is 15.1 Å². The SMILES string of the molecule is CN=C(NCCN(CC1CC1)C1CC1)N1CCS(=O)(=O)C(C)(C)C1.I. The molecule has 0 atom stereocenters. The van der Waals surface area contributed by atoms with E-state index in [2.05, 4.69) is 20.1 Å². The van der Waals surface area contributed by atoms with E-state index in [0.29, 0.717) is 13.1 Å². The van der Waals surface area contributed by atoms with E-state index in [9.17, 15) is 8.42 Å². The van der Waals surface area contributed by atoms with Gasteiger partial charge in [-0.1, -0.05) is 0 Å². The van der Waals surface area contributed by atoms with E-state index in [0.717, 1.165) is 31.0 Å². The van der Waals surface area contributed by atoms with Gasteiger partial charge in [-0.25, -0.2) is 8.42 Å². The van der Waals surface area contributed by atoms with Crippen molar-refractivity contribution in [2.24, 2.45) is 10.9 Å². The Morgan fingerprint density at radius 2 is 1.96 bits per heavy atom. The molecule has 25 heavy (non-hydrogen) atoms. The first kappa shape index (κ1) is 21.2. The Balaban J connectivity index is 0.00000225. The van der Waals surface area contributed by atoms with Gasteiger partial charge in [0, 0.05) is 45.8 Å². The lowest BCUT2D eigenvalue weighted by molar-refractivity contribution is 0.254. The van der Waals surface area contributed by atoms with Gasteiger partial charge in [-0.2, -0.15) is 0 Å². The van der Waals surface area contributed by atoms with E-state index < -0.39 is 14.6 Å². The second-order valence-corrected chi connectivity index (χ2v) is 10.9. The van der Waals surface area contributed by atoms with Crippen molar-refractivity contribution < 1.29 is 8.42 Å². The third-order valence-electron chi connectivity index (χ3n) is 5.49. The molecule has 146 valence electrons. The summed E-state index contributed by atoms with van der Waals surface area (Å²) in [6.45, 7) is 7.83. The van der Waals surface area contributed by atoms with E-state index in [1.54, 1.807) is 7.05 Å². The average molecular weight is 484 g/mol. The number of nitrogens with one attached hydrogen (secondary N) is 1. The van der Waals surface area contributed by atoms with Gasteiger partial charge in [-0.05, 0) is 45.4 Å². The molecule has 0 aromatic carbocycles. The van der Waals surface area contributed by atoms with Gasteiger partial charge in [0.05, 0.1) is 10.5 Å². The maximum atomic E-state index is 12.2. The number of halogens is 1. The Hall–Kier alpha value is -0.0900. The number of hydrogen-bond acceptors (Lipinski definition) is 4. The molecule has 6 nitrogen and oxygen atoms in total. The Morgan fingerprint density at radius 1 is 1.28 bits per heavy atom. The minimum atomic E-state index is -3.01. The van der Waals surface area contributed by atoms with E-state index in [4.69, 9.17) is 0 Å². The summed E-state index contributed by atoms with van der Waals surface area (Å²) in [4.78, 5) is 9.09. The van der Waals surface area contributed by atoms with Crippen molar-refractivity contribution in [1.29, 1.82) is 0 Å². The van der Waals surface area contributed by atoms with Crippen LogP contribution >= 0.6 is 24.0 Å². The lowest BCUT2D eigenvalue weighted by Crippen LogP contribution is -2.57. The normalized spacial score (nSPS) is 25.6. The minimum Gasteiger partial charge on any atom is -0.355 e. The lowest BCUT2D eigenvalue weighted by Gasteiger charge is -2.39. The number of aliphatic imine (C=N–C) groups is 1. The molecule has 1 heterocycles. The second kappa shape index (κ2) is 8.29. The second-order valence-electron chi connectivity index (χ2n) is 8.14. The highest BCUT2D eigenvalue weighted by atomic mass is 127. The molecule has 3 fully saturated rings. The highest BCUT2D eigenvalue weighted by Crippen LogP contribution is 2.34. The molecule has 3 aliphatic rings. The maximum Gasteiger partial charge on any atom is 0.193 e. The first-order chi connectivity index (χ1) is 11.3. The number of guanidine groups is 1. The van der Waals surface area contributed by atoms with Crippen molar-refractivity contribution in [2.75, 3.05) is 45.5 Å². The molecule has 3 rings (SSSR count). The van der Waals surface area contributed by atoms with E-state index in [-0.39, 0.29) is 29.7 Å². The quantitative estimate of drug-likeness (QED) is 0.352. The minimum absolute atomic E-state index is 0. The Kier molecular flexibility index (Phi) is 7.03. The molecule has 0 spiro atoms. The van der Waals surface area contributed by atoms with Crippen LogP contribution < -0.4 is 5.32 Å². The largest absolute Gasteiger partial charge is 0.355 e. The van der Waals surface area contributed by atoms with Crippen LogP contribution in [0.1, 0.15) is 39.5 Å². The zero-order chi connectivity index (χ0) is 17.4. The van der Waals surface area contributed by atoms with Gasteiger partial charge < -0.3 is 10.2 Å². The molecule has 0 radical (unpaired) electrons. The van der Waals surface area contributed by atoms with Crippen molar-refractivity contribution in [3.8, 4) is 0 Å². The summed E-state index contributed by atoms with van der Waals surface area (Å²) in [7, 11) is -1.23. The Morgan fingerprint density at radius 3 is 2.48 bits per heavy atom. The third-order valence-corrected chi connectivity index (χ3v) is 8.02. The first-order valence-electron chi connectivity index (χ1n) is 9.24. The summed E-state index contributed by atoms with van der Waals surface area (Å²) in [5, 5.41) is 3.45. The number of rotatable bonds is 6. The van der Waals surface area contributed by atoms with Crippen LogP contribution in [0, 0.1) is 5.92 Å². The molecule has 2 saturated carbocycles. The molecule has 2 aliphatic carbocycles. The van der Waals surface area contributed by atoms with Crippen LogP contribution in [0.3, 0.4) is 0 Å². The zero-order valence-electron chi connectivity index (χ0n) is 15.7. The molecule has 1 aliphatic heterocycles. The fourth-order valence-corrected chi connectivity index (χ4v) is 4.83. The van der Waals surface area contributed by atoms with Crippen LogP contribution in [0.5, 0.6) is 0 Å². The van der Waals surface area contributed by atoms with E-state index in [1.165, 1.54) is 32.2 Å². The molecule has 0 amide bonds. The fraction of sp³-hybridized carbons (Fsp3) is 0.941. The standard InChI is InChI=1S/C17H32N4O2S.HI/c1-17(2)13-21(10-11-24(17,22)23)16(18-3)19-8-9-20(15-6-7-15)12-14-4-5-14;/h14-15H,4-13H2,1-3H3,(H,18,19);1H. The first-order valence-corrected chi connectivity index (χ1v) is 10.9. The Bertz CT molecular complexity index is 585. The summed E-state index contributed by atoms with van der Waals surface area (Å²) >= 11 is 0. The molecule has 8 heteroatoms. The predicted octanol–water partition coefficient (Wildman–Crippen LogP) is 1.56. The van der Waals surface area contributed by atoms with Crippen molar-refractivity contribution in [3.63, 3.8) is 0 Å². The lowest BCUT2D eigenvalue weighted by atomic mass is 10.2. The van der Waals surface area contributed by atoms with Crippen LogP contribution in [0.15, 0.2) is 4.99 Å². The summed E-state index contributed by atoms with van der Waals surface area (Å²) < 4.78 is 23.6. The molecular formula is C17H33IN4O2S. The molecule has 0 unspecified atom stereocenters. The predicted molar refractivity (Wildman–Crippen MR) is 114 cm³/mol. The monoisotopic (exact) mass is 484 g/mol. The van der Waals surface area contributed by atoms with Crippen LogP contribution in [-0.4, -0.2) is 80.5 Å². The van der Waals surface area contributed by atoms with E-state index in [1.807, 2.05) is 13.8 Å². The smallest absolute Gasteiger partial charge is 0.193 e. The van der Waals surface area contributed by atoms with Gasteiger partial charge in [0.15, 0.2) is 15.8 Å². The maximum absolute atomic E-state index is 12.2. The van der Waals surface area contributed by atoms with E-state index >= 15 is 0 Å². The van der Waals surface area contributed by atoms with Crippen molar-refractivity contribution in [2.45, 2.75) is 50.3 Å². The molecule has 0 bridgehead atoms. The van der Waals surface area contributed by atoms with Gasteiger partial charge in [0.2, 0.25) is 0 Å². The fourth-order valence-electron chi connectivity index (χ4n) is 3.46. The van der Waals surface area contributed by atoms with Gasteiger partial charge >= 0.3 is 0 Å². The van der Waals surface area contributed by atoms with Crippen LogP contribution in [-0.2, 0) is 9.84 Å². The number of nitrogens with zero attached hydrogens (tertiary/aromatic N) is 3. The van der Waals surface area contributed by atoms with Gasteiger partial charge in [0.25, 0.3) is 0 Å². The number of sulfone groups is 1. The number of hydrogen-bond donors (Lipinski definition) is 1. The highest BCUT2D eigenvalue weighted by molar-refractivity contribution is 14.0. The summed E-state index contributed by atoms with van der Waals surface area (Å²) in [5.74, 6) is 1.97. The highest BCUT2D eigenvalue weighted by Gasteiger charge is 2.41. The van der Waals surface area contributed by atoms with Crippen LogP contribution in [0.2, 0.25) is 0 Å². The molecular weight excluding hydrogens is 451 g/mol. The van der Waals surface area contributed by atoms with Gasteiger partial charge in [0.1, 0.15) is 0 Å². The Labute approximate surface area is 169 Å². The van der Waals surface area contributed by atoms with Crippen LogP contribution in [0.25, 0.3) is 0 Å². The topological polar surface area (TPSA) is 65.0 Å². The average Bonchev–Trinajstić information content (AvgIpc) is 3.38. The van der Waals surface area contributed by atoms with Crippen molar-refractivity contribution in [3.05, 3.63) is 0 Å². The zero-order valence-corrected chi connectivity index (χ0v) is 18.8. The molecule has 0 aromatic rings. The van der Waals surface area contributed by atoms with Crippen LogP contribution in [0.4, 0.5) is 0 Å². The summed E-state index contributed by atoms with van der Waals surface area (Å²) in [6.07, 6.45) is 5.49. The molecule has 0 aromatic heterocycles. The summed E-state index contributed by atoms with van der Waals surface area (Å²) in [5.41, 5.74) is 0. The molecule has 1 saturated heterocycles. The van der Waals surface area contributed by atoms with Crippen molar-refractivity contribution >= 4 is 39.8 Å². The summed E-state index contributed by atoms with van der Waals surface area (Å²) in [6, 6.07) is 0.800. The van der Waals surface area contributed by atoms with Gasteiger partial charge in [-0.15, -0.1) is 24.0 Å². The molecule has 1 N–H and O–H groups in total. The van der Waals surface area contributed by atoms with Gasteiger partial charge in [-0.3, -0.25) is 9.89 Å². The third kappa shape index (κ3) is 5.45.